The van der Waals surface area contributed by atoms with Crippen LogP contribution in [0.25, 0.3) is 0 Å². The van der Waals surface area contributed by atoms with Crippen LogP contribution in [0, 0.1) is 6.92 Å². The predicted octanol–water partition coefficient (Wildman–Crippen LogP) is 4.18. The zero-order valence-corrected chi connectivity index (χ0v) is 13.1. The van der Waals surface area contributed by atoms with Gasteiger partial charge in [-0.2, -0.15) is 0 Å². The van der Waals surface area contributed by atoms with Crippen molar-refractivity contribution in [2.24, 2.45) is 0 Å². The van der Waals surface area contributed by atoms with Crippen molar-refractivity contribution in [3.05, 3.63) is 51.9 Å². The maximum atomic E-state index is 5.78. The fourth-order valence-electron chi connectivity index (χ4n) is 2.04. The summed E-state index contributed by atoms with van der Waals surface area (Å²) in [5.41, 5.74) is 1.11. The van der Waals surface area contributed by atoms with E-state index in [0.717, 1.165) is 33.9 Å². The number of aryl methyl sites for hydroxylation is 1. The third-order valence-electron chi connectivity index (χ3n) is 3.42. The number of furan rings is 1. The predicted molar refractivity (Wildman–Crippen MR) is 81.8 cm³/mol. The summed E-state index contributed by atoms with van der Waals surface area (Å²) in [7, 11) is 0. The summed E-state index contributed by atoms with van der Waals surface area (Å²) in [5, 5.41) is 3.45. The molecule has 1 heterocycles. The SMILES string of the molecule is Cc1oc(CNC2CC2)cc1COc1ccc(Br)cc1. The van der Waals surface area contributed by atoms with Crippen molar-refractivity contribution in [1.82, 2.24) is 5.32 Å². The minimum Gasteiger partial charge on any atom is -0.489 e. The Morgan fingerprint density at radius 3 is 2.75 bits per heavy atom. The molecule has 2 aromatic rings. The molecule has 3 rings (SSSR count). The van der Waals surface area contributed by atoms with Crippen LogP contribution >= 0.6 is 15.9 Å². The summed E-state index contributed by atoms with van der Waals surface area (Å²) in [6, 6.07) is 10.6. The van der Waals surface area contributed by atoms with Crippen LogP contribution in [0.4, 0.5) is 0 Å². The number of nitrogens with one attached hydrogen (secondary N) is 1. The first-order valence-electron chi connectivity index (χ1n) is 6.90. The van der Waals surface area contributed by atoms with Gasteiger partial charge >= 0.3 is 0 Å². The van der Waals surface area contributed by atoms with Gasteiger partial charge < -0.3 is 14.5 Å². The summed E-state index contributed by atoms with van der Waals surface area (Å²) in [4.78, 5) is 0. The highest BCUT2D eigenvalue weighted by molar-refractivity contribution is 9.10. The molecule has 3 nitrogen and oxygen atoms in total. The molecular formula is C16H18BrNO2. The Hall–Kier alpha value is -1.26. The maximum Gasteiger partial charge on any atom is 0.119 e. The van der Waals surface area contributed by atoms with Crippen molar-refractivity contribution in [3.8, 4) is 5.75 Å². The fraction of sp³-hybridized carbons (Fsp3) is 0.375. The van der Waals surface area contributed by atoms with E-state index in [2.05, 4.69) is 27.3 Å². The quantitative estimate of drug-likeness (QED) is 0.859. The highest BCUT2D eigenvalue weighted by atomic mass is 79.9. The van der Waals surface area contributed by atoms with Gasteiger partial charge in [0.2, 0.25) is 0 Å². The van der Waals surface area contributed by atoms with Crippen LogP contribution in [0.2, 0.25) is 0 Å². The topological polar surface area (TPSA) is 34.4 Å². The molecule has 0 unspecified atom stereocenters. The average Bonchev–Trinajstić information content (AvgIpc) is 3.20. The van der Waals surface area contributed by atoms with Crippen molar-refractivity contribution < 1.29 is 9.15 Å². The first kappa shape index (κ1) is 13.7. The summed E-state index contributed by atoms with van der Waals surface area (Å²) < 4.78 is 12.6. The standard InChI is InChI=1S/C16H18BrNO2/c1-11-12(8-16(20-11)9-18-14-4-5-14)10-19-15-6-2-13(17)3-7-15/h2-3,6-8,14,18H,4-5,9-10H2,1H3. The molecule has 0 spiro atoms. The average molecular weight is 336 g/mol. The van der Waals surface area contributed by atoms with Crippen molar-refractivity contribution in [3.63, 3.8) is 0 Å². The summed E-state index contributed by atoms with van der Waals surface area (Å²) in [5.74, 6) is 2.80. The molecule has 1 aliphatic rings. The second-order valence-corrected chi connectivity index (χ2v) is 6.11. The molecule has 1 saturated carbocycles. The van der Waals surface area contributed by atoms with E-state index in [4.69, 9.17) is 9.15 Å². The van der Waals surface area contributed by atoms with Crippen molar-refractivity contribution in [2.45, 2.75) is 39.0 Å². The first-order valence-corrected chi connectivity index (χ1v) is 7.70. The Bertz CT molecular complexity index is 573. The number of hydrogen-bond donors (Lipinski definition) is 1. The number of halogens is 1. The lowest BCUT2D eigenvalue weighted by Crippen LogP contribution is -2.14. The Morgan fingerprint density at radius 2 is 2.05 bits per heavy atom. The maximum absolute atomic E-state index is 5.78. The highest BCUT2D eigenvalue weighted by Gasteiger charge is 2.20. The van der Waals surface area contributed by atoms with Gasteiger partial charge in [0, 0.05) is 16.1 Å². The van der Waals surface area contributed by atoms with Crippen LogP contribution in [0.5, 0.6) is 5.75 Å². The van der Waals surface area contributed by atoms with E-state index in [1.54, 1.807) is 0 Å². The van der Waals surface area contributed by atoms with Crippen molar-refractivity contribution in [1.29, 1.82) is 0 Å². The van der Waals surface area contributed by atoms with Crippen LogP contribution in [0.15, 0.2) is 39.2 Å². The molecule has 0 saturated heterocycles. The van der Waals surface area contributed by atoms with E-state index in [0.29, 0.717) is 12.6 Å². The Morgan fingerprint density at radius 1 is 1.30 bits per heavy atom. The van der Waals surface area contributed by atoms with Crippen LogP contribution < -0.4 is 10.1 Å². The van der Waals surface area contributed by atoms with Gasteiger partial charge in [-0.1, -0.05) is 15.9 Å². The molecule has 1 fully saturated rings. The third-order valence-corrected chi connectivity index (χ3v) is 3.95. The fourth-order valence-corrected chi connectivity index (χ4v) is 2.31. The lowest BCUT2D eigenvalue weighted by Gasteiger charge is -2.04. The monoisotopic (exact) mass is 335 g/mol. The molecule has 20 heavy (non-hydrogen) atoms. The summed E-state index contributed by atoms with van der Waals surface area (Å²) in [6.07, 6.45) is 2.58. The molecule has 0 radical (unpaired) electrons. The Balaban J connectivity index is 1.57. The van der Waals surface area contributed by atoms with Gasteiger partial charge in [-0.25, -0.2) is 0 Å². The zero-order chi connectivity index (χ0) is 13.9. The Labute approximate surface area is 127 Å². The van der Waals surface area contributed by atoms with Crippen molar-refractivity contribution >= 4 is 15.9 Å². The number of rotatable bonds is 6. The second-order valence-electron chi connectivity index (χ2n) is 5.19. The molecule has 1 aromatic heterocycles. The minimum absolute atomic E-state index is 0.542. The lowest BCUT2D eigenvalue weighted by molar-refractivity contribution is 0.303. The van der Waals surface area contributed by atoms with Crippen LogP contribution in [0.3, 0.4) is 0 Å². The lowest BCUT2D eigenvalue weighted by atomic mass is 10.2. The molecule has 1 aliphatic carbocycles. The van der Waals surface area contributed by atoms with Gasteiger partial charge in [-0.3, -0.25) is 0 Å². The van der Waals surface area contributed by atoms with E-state index in [1.807, 2.05) is 31.2 Å². The van der Waals surface area contributed by atoms with E-state index in [-0.39, 0.29) is 0 Å². The highest BCUT2D eigenvalue weighted by Crippen LogP contribution is 2.22. The van der Waals surface area contributed by atoms with E-state index in [1.165, 1.54) is 12.8 Å². The first-order chi connectivity index (χ1) is 9.70. The smallest absolute Gasteiger partial charge is 0.119 e. The normalized spacial score (nSPS) is 14.5. The summed E-state index contributed by atoms with van der Waals surface area (Å²) >= 11 is 3.41. The van der Waals surface area contributed by atoms with Gasteiger partial charge in [-0.05, 0) is 50.1 Å². The number of hydrogen-bond acceptors (Lipinski definition) is 3. The molecule has 1 N–H and O–H groups in total. The molecule has 0 bridgehead atoms. The van der Waals surface area contributed by atoms with Crippen LogP contribution in [0.1, 0.15) is 29.9 Å². The van der Waals surface area contributed by atoms with E-state index >= 15 is 0 Å². The number of ether oxygens (including phenoxy) is 1. The van der Waals surface area contributed by atoms with Crippen LogP contribution in [-0.2, 0) is 13.2 Å². The Kier molecular flexibility index (Phi) is 4.13. The molecule has 0 amide bonds. The third kappa shape index (κ3) is 3.64. The largest absolute Gasteiger partial charge is 0.489 e. The molecule has 0 aliphatic heterocycles. The van der Waals surface area contributed by atoms with Gasteiger partial charge in [-0.15, -0.1) is 0 Å². The molecule has 0 atom stereocenters. The second kappa shape index (κ2) is 6.02. The van der Waals surface area contributed by atoms with E-state index in [9.17, 15) is 0 Å². The zero-order valence-electron chi connectivity index (χ0n) is 11.5. The van der Waals surface area contributed by atoms with Gasteiger partial charge in [0.1, 0.15) is 23.9 Å². The molecule has 1 aromatic carbocycles. The van der Waals surface area contributed by atoms with Gasteiger partial charge in [0.05, 0.1) is 6.54 Å². The van der Waals surface area contributed by atoms with Crippen LogP contribution in [-0.4, -0.2) is 6.04 Å². The van der Waals surface area contributed by atoms with Crippen molar-refractivity contribution in [2.75, 3.05) is 0 Å². The summed E-state index contributed by atoms with van der Waals surface area (Å²) in [6.45, 7) is 3.34. The minimum atomic E-state index is 0.542. The molecule has 106 valence electrons. The van der Waals surface area contributed by atoms with Gasteiger partial charge in [0.25, 0.3) is 0 Å². The number of benzene rings is 1. The molecule has 4 heteroatoms. The van der Waals surface area contributed by atoms with E-state index < -0.39 is 0 Å². The molecular weight excluding hydrogens is 318 g/mol. The van der Waals surface area contributed by atoms with Gasteiger partial charge in [0.15, 0.2) is 0 Å².